The molecule has 1 fully saturated rings. The number of hydrogen-bond acceptors (Lipinski definition) is 2. The van der Waals surface area contributed by atoms with Gasteiger partial charge in [-0.15, -0.1) is 0 Å². The maximum Gasteiger partial charge on any atom is 0.259 e. The van der Waals surface area contributed by atoms with E-state index in [1.807, 2.05) is 0 Å². The molecule has 0 aliphatic carbocycles. The summed E-state index contributed by atoms with van der Waals surface area (Å²) in [4.78, 5) is 11.0. The van der Waals surface area contributed by atoms with Crippen LogP contribution in [0.25, 0.3) is 0 Å². The fraction of sp³-hybridized carbons (Fsp3) is 0.857. The van der Waals surface area contributed by atoms with E-state index in [2.05, 4.69) is 10.6 Å². The van der Waals surface area contributed by atoms with Crippen molar-refractivity contribution in [3.8, 4) is 0 Å². The van der Waals surface area contributed by atoms with E-state index < -0.39 is 11.6 Å². The van der Waals surface area contributed by atoms with E-state index in [-0.39, 0.29) is 6.54 Å². The van der Waals surface area contributed by atoms with Crippen molar-refractivity contribution in [1.29, 1.82) is 0 Å². The first-order valence-electron chi connectivity index (χ1n) is 3.87. The third-order valence-electron chi connectivity index (χ3n) is 1.85. The molecule has 1 aliphatic heterocycles. The van der Waals surface area contributed by atoms with Gasteiger partial charge in [0.1, 0.15) is 0 Å². The van der Waals surface area contributed by atoms with Gasteiger partial charge in [0, 0.05) is 19.5 Å². The third-order valence-corrected chi connectivity index (χ3v) is 1.85. The molecule has 0 aromatic heterocycles. The number of nitrogens with one attached hydrogen (secondary N) is 2. The lowest BCUT2D eigenvalue weighted by Crippen LogP contribution is -2.44. The van der Waals surface area contributed by atoms with Crippen molar-refractivity contribution < 1.29 is 9.18 Å². The van der Waals surface area contributed by atoms with E-state index in [0.29, 0.717) is 19.5 Å². The highest BCUT2D eigenvalue weighted by atomic mass is 19.1. The fourth-order valence-electron chi connectivity index (χ4n) is 1.17. The number of alkyl halides is 1. The maximum atomic E-state index is 13.4. The van der Waals surface area contributed by atoms with Crippen molar-refractivity contribution in [2.24, 2.45) is 0 Å². The van der Waals surface area contributed by atoms with Crippen LogP contribution in [0.1, 0.15) is 13.3 Å². The Labute approximate surface area is 65.3 Å². The highest BCUT2D eigenvalue weighted by Gasteiger charge is 2.40. The van der Waals surface area contributed by atoms with Crippen LogP contribution in [-0.4, -0.2) is 31.2 Å². The first kappa shape index (κ1) is 8.46. The highest BCUT2D eigenvalue weighted by molar-refractivity contribution is 5.85. The summed E-state index contributed by atoms with van der Waals surface area (Å²) in [6.45, 7) is 3.01. The molecule has 0 spiro atoms. The van der Waals surface area contributed by atoms with Crippen molar-refractivity contribution in [3.05, 3.63) is 0 Å². The molecule has 64 valence electrons. The first-order valence-corrected chi connectivity index (χ1v) is 3.87. The zero-order chi connectivity index (χ0) is 8.32. The summed E-state index contributed by atoms with van der Waals surface area (Å²) < 4.78 is 13.4. The van der Waals surface area contributed by atoms with Crippen molar-refractivity contribution in [2.75, 3.05) is 19.6 Å². The highest BCUT2D eigenvalue weighted by Crippen LogP contribution is 2.19. The minimum atomic E-state index is -1.66. The number of rotatable bonds is 2. The largest absolute Gasteiger partial charge is 0.354 e. The molecule has 0 saturated carbocycles. The van der Waals surface area contributed by atoms with Crippen LogP contribution in [0.2, 0.25) is 0 Å². The molecule has 1 saturated heterocycles. The van der Waals surface area contributed by atoms with Gasteiger partial charge in [0.25, 0.3) is 5.91 Å². The average Bonchev–Trinajstić information content (AvgIpc) is 2.38. The van der Waals surface area contributed by atoms with E-state index in [4.69, 9.17) is 0 Å². The Morgan fingerprint density at radius 3 is 3.00 bits per heavy atom. The lowest BCUT2D eigenvalue weighted by Gasteiger charge is -2.16. The van der Waals surface area contributed by atoms with Crippen molar-refractivity contribution >= 4 is 5.91 Å². The summed E-state index contributed by atoms with van der Waals surface area (Å²) >= 11 is 0. The molecule has 0 bridgehead atoms. The summed E-state index contributed by atoms with van der Waals surface area (Å²) in [7, 11) is 0. The van der Waals surface area contributed by atoms with Crippen LogP contribution in [0.3, 0.4) is 0 Å². The molecular formula is C7H13FN2O. The zero-order valence-electron chi connectivity index (χ0n) is 6.61. The lowest BCUT2D eigenvalue weighted by atomic mass is 10.1. The summed E-state index contributed by atoms with van der Waals surface area (Å²) in [6, 6.07) is 0. The molecule has 1 heterocycles. The molecule has 0 radical (unpaired) electrons. The molecule has 1 aliphatic rings. The first-order chi connectivity index (χ1) is 5.19. The van der Waals surface area contributed by atoms with Gasteiger partial charge in [0.15, 0.2) is 0 Å². The van der Waals surface area contributed by atoms with E-state index in [1.165, 1.54) is 0 Å². The van der Waals surface area contributed by atoms with Gasteiger partial charge in [0.05, 0.1) is 0 Å². The summed E-state index contributed by atoms with van der Waals surface area (Å²) in [5, 5.41) is 5.29. The average molecular weight is 160 g/mol. The van der Waals surface area contributed by atoms with Crippen LogP contribution in [0, 0.1) is 0 Å². The Bertz CT molecular complexity index is 155. The van der Waals surface area contributed by atoms with Gasteiger partial charge >= 0.3 is 0 Å². The topological polar surface area (TPSA) is 41.1 Å². The second-order valence-electron chi connectivity index (χ2n) is 2.75. The molecule has 0 aromatic rings. The number of carbonyl (C=O) groups excluding carboxylic acids is 1. The third kappa shape index (κ3) is 1.68. The second kappa shape index (κ2) is 3.17. The van der Waals surface area contributed by atoms with Crippen LogP contribution < -0.4 is 10.6 Å². The van der Waals surface area contributed by atoms with Crippen LogP contribution in [-0.2, 0) is 4.79 Å². The standard InChI is InChI=1S/C7H13FN2O/c1-2-10-6(11)7(8)3-4-9-5-7/h9H,2-5H2,1H3,(H,10,11). The van der Waals surface area contributed by atoms with Crippen LogP contribution in [0.5, 0.6) is 0 Å². The van der Waals surface area contributed by atoms with Crippen molar-refractivity contribution in [2.45, 2.75) is 19.0 Å². The number of carbonyl (C=O) groups is 1. The predicted octanol–water partition coefficient (Wildman–Crippen LogP) is -0.176. The molecular weight excluding hydrogens is 147 g/mol. The molecule has 1 atom stereocenters. The fourth-order valence-corrected chi connectivity index (χ4v) is 1.17. The Morgan fingerprint density at radius 2 is 2.55 bits per heavy atom. The van der Waals surface area contributed by atoms with Crippen LogP contribution in [0.4, 0.5) is 4.39 Å². The number of amides is 1. The lowest BCUT2D eigenvalue weighted by molar-refractivity contribution is -0.131. The van der Waals surface area contributed by atoms with Gasteiger partial charge in [-0.3, -0.25) is 4.79 Å². The van der Waals surface area contributed by atoms with Crippen LogP contribution >= 0.6 is 0 Å². The van der Waals surface area contributed by atoms with Gasteiger partial charge in [-0.1, -0.05) is 0 Å². The SMILES string of the molecule is CCNC(=O)C1(F)CCNC1. The Balaban J connectivity index is 2.49. The van der Waals surface area contributed by atoms with E-state index >= 15 is 0 Å². The van der Waals surface area contributed by atoms with Gasteiger partial charge in [-0.05, 0) is 13.5 Å². The smallest absolute Gasteiger partial charge is 0.259 e. The Morgan fingerprint density at radius 1 is 1.82 bits per heavy atom. The minimum Gasteiger partial charge on any atom is -0.354 e. The zero-order valence-corrected chi connectivity index (χ0v) is 6.61. The summed E-state index contributed by atoms with van der Waals surface area (Å²) in [5.41, 5.74) is -1.66. The monoisotopic (exact) mass is 160 g/mol. The minimum absolute atomic E-state index is 0.152. The second-order valence-corrected chi connectivity index (χ2v) is 2.75. The molecule has 2 N–H and O–H groups in total. The quantitative estimate of drug-likeness (QED) is 0.588. The molecule has 1 amide bonds. The molecule has 3 nitrogen and oxygen atoms in total. The predicted molar refractivity (Wildman–Crippen MR) is 40.0 cm³/mol. The molecule has 1 rings (SSSR count). The van der Waals surface area contributed by atoms with Crippen molar-refractivity contribution in [1.82, 2.24) is 10.6 Å². The molecule has 1 unspecified atom stereocenters. The Hall–Kier alpha value is -0.640. The summed E-state index contributed by atoms with van der Waals surface area (Å²) in [5.74, 6) is -0.481. The molecule has 11 heavy (non-hydrogen) atoms. The van der Waals surface area contributed by atoms with Gasteiger partial charge < -0.3 is 10.6 Å². The van der Waals surface area contributed by atoms with Gasteiger partial charge in [-0.25, -0.2) is 4.39 Å². The van der Waals surface area contributed by atoms with Gasteiger partial charge in [0.2, 0.25) is 5.67 Å². The van der Waals surface area contributed by atoms with E-state index in [1.54, 1.807) is 6.92 Å². The molecule has 0 aromatic carbocycles. The summed E-state index contributed by atoms with van der Waals surface area (Å²) in [6.07, 6.45) is 0.291. The Kier molecular flexibility index (Phi) is 2.44. The van der Waals surface area contributed by atoms with E-state index in [0.717, 1.165) is 0 Å². The number of halogens is 1. The maximum absolute atomic E-state index is 13.4. The molecule has 4 heteroatoms. The van der Waals surface area contributed by atoms with Crippen molar-refractivity contribution in [3.63, 3.8) is 0 Å². The normalized spacial score (nSPS) is 30.4. The van der Waals surface area contributed by atoms with Gasteiger partial charge in [-0.2, -0.15) is 0 Å². The number of hydrogen-bond donors (Lipinski definition) is 2. The van der Waals surface area contributed by atoms with Crippen LogP contribution in [0.15, 0.2) is 0 Å². The van der Waals surface area contributed by atoms with E-state index in [9.17, 15) is 9.18 Å².